The molecule has 7 nitrogen and oxygen atoms in total. The smallest absolute Gasteiger partial charge is 0.358 e. The molecule has 2 aromatic heterocycles. The molecule has 0 N–H and O–H groups in total. The number of hydrogen-bond donors (Lipinski definition) is 0. The lowest BCUT2D eigenvalue weighted by Crippen LogP contribution is -2.06. The lowest BCUT2D eigenvalue weighted by Gasteiger charge is -2.05. The Bertz CT molecular complexity index is 1110. The maximum atomic E-state index is 12.3. The van der Waals surface area contributed by atoms with Crippen LogP contribution in [-0.4, -0.2) is 27.7 Å². The number of thiazole rings is 1. The maximum Gasteiger partial charge on any atom is 0.358 e. The molecule has 0 spiro atoms. The highest BCUT2D eigenvalue weighted by Gasteiger charge is 2.17. The summed E-state index contributed by atoms with van der Waals surface area (Å²) >= 11 is 1.38. The third-order valence-electron chi connectivity index (χ3n) is 3.96. The van der Waals surface area contributed by atoms with Crippen LogP contribution in [0.25, 0.3) is 22.0 Å². The fourth-order valence-corrected chi connectivity index (χ4v) is 3.43. The Balaban J connectivity index is 1.42. The minimum absolute atomic E-state index is 0.138. The molecule has 2 heterocycles. The minimum atomic E-state index is -0.544. The van der Waals surface area contributed by atoms with E-state index in [2.05, 4.69) is 15.1 Å². The zero-order valence-electron chi connectivity index (χ0n) is 15.6. The Labute approximate surface area is 170 Å². The van der Waals surface area contributed by atoms with Crippen molar-refractivity contribution >= 4 is 17.3 Å². The molecular formula is C21H17N3O4S. The van der Waals surface area contributed by atoms with Gasteiger partial charge in [-0.2, -0.15) is 4.98 Å². The fraction of sp³-hybridized carbons (Fsp3) is 0.143. The van der Waals surface area contributed by atoms with Crippen LogP contribution >= 0.6 is 11.3 Å². The predicted molar refractivity (Wildman–Crippen MR) is 108 cm³/mol. The first-order chi connectivity index (χ1) is 14.2. The largest absolute Gasteiger partial charge is 0.493 e. The van der Waals surface area contributed by atoms with Gasteiger partial charge >= 0.3 is 5.97 Å². The molecule has 0 aliphatic rings. The average molecular weight is 407 g/mol. The van der Waals surface area contributed by atoms with E-state index in [1.165, 1.54) is 11.3 Å². The minimum Gasteiger partial charge on any atom is -0.493 e. The number of para-hydroxylation sites is 1. The van der Waals surface area contributed by atoms with Gasteiger partial charge in [0.25, 0.3) is 5.89 Å². The second-order valence-corrected chi connectivity index (χ2v) is 6.78. The summed E-state index contributed by atoms with van der Waals surface area (Å²) < 4.78 is 16.1. The van der Waals surface area contributed by atoms with Crippen molar-refractivity contribution in [1.82, 2.24) is 15.1 Å². The number of rotatable bonds is 7. The van der Waals surface area contributed by atoms with E-state index in [0.29, 0.717) is 23.7 Å². The van der Waals surface area contributed by atoms with E-state index in [4.69, 9.17) is 14.0 Å². The first-order valence-corrected chi connectivity index (χ1v) is 9.85. The number of esters is 1. The summed E-state index contributed by atoms with van der Waals surface area (Å²) in [5.74, 6) is 0.687. The summed E-state index contributed by atoms with van der Waals surface area (Å²) in [4.78, 5) is 20.9. The van der Waals surface area contributed by atoms with Gasteiger partial charge in [0.1, 0.15) is 10.8 Å². The molecule has 146 valence electrons. The Hall–Kier alpha value is -3.52. The van der Waals surface area contributed by atoms with Gasteiger partial charge in [-0.25, -0.2) is 9.78 Å². The molecule has 0 fully saturated rings. The van der Waals surface area contributed by atoms with E-state index in [9.17, 15) is 4.79 Å². The van der Waals surface area contributed by atoms with Gasteiger partial charge in [-0.15, -0.1) is 11.3 Å². The van der Waals surface area contributed by atoms with Gasteiger partial charge in [0, 0.05) is 10.9 Å². The molecule has 0 aliphatic carbocycles. The van der Waals surface area contributed by atoms with Crippen LogP contribution in [0.5, 0.6) is 5.75 Å². The molecule has 0 bridgehead atoms. The number of benzene rings is 2. The lowest BCUT2D eigenvalue weighted by molar-refractivity contribution is 0.0424. The first-order valence-electron chi connectivity index (χ1n) is 8.97. The van der Waals surface area contributed by atoms with Crippen molar-refractivity contribution in [3.05, 3.63) is 71.6 Å². The molecule has 0 amide bonds. The number of carbonyl (C=O) groups excluding carboxylic acids is 1. The predicted octanol–water partition coefficient (Wildman–Crippen LogP) is 4.62. The second kappa shape index (κ2) is 8.66. The SMILES string of the molecule is CCOc1ccccc1-c1noc(COC(=O)c2csc(-c3ccccc3)n2)n1. The number of carbonyl (C=O) groups is 1. The molecule has 4 rings (SSSR count). The van der Waals surface area contributed by atoms with E-state index in [-0.39, 0.29) is 18.2 Å². The van der Waals surface area contributed by atoms with Crippen LogP contribution in [0, 0.1) is 0 Å². The summed E-state index contributed by atoms with van der Waals surface area (Å²) in [6.45, 7) is 2.29. The average Bonchev–Trinajstić information content (AvgIpc) is 3.43. The summed E-state index contributed by atoms with van der Waals surface area (Å²) in [7, 11) is 0. The number of ether oxygens (including phenoxy) is 2. The van der Waals surface area contributed by atoms with E-state index in [0.717, 1.165) is 10.6 Å². The zero-order chi connectivity index (χ0) is 20.1. The lowest BCUT2D eigenvalue weighted by atomic mass is 10.2. The van der Waals surface area contributed by atoms with Crippen molar-refractivity contribution in [2.45, 2.75) is 13.5 Å². The van der Waals surface area contributed by atoms with Gasteiger partial charge in [0.2, 0.25) is 5.82 Å². The fourth-order valence-electron chi connectivity index (χ4n) is 2.64. The quantitative estimate of drug-likeness (QED) is 0.413. The van der Waals surface area contributed by atoms with Crippen LogP contribution < -0.4 is 4.74 Å². The number of nitrogens with zero attached hydrogens (tertiary/aromatic N) is 3. The molecule has 0 aliphatic heterocycles. The van der Waals surface area contributed by atoms with Crippen LogP contribution in [0.4, 0.5) is 0 Å². The monoisotopic (exact) mass is 407 g/mol. The Morgan fingerprint density at radius 2 is 1.86 bits per heavy atom. The summed E-state index contributed by atoms with van der Waals surface area (Å²) in [5, 5.41) is 6.38. The van der Waals surface area contributed by atoms with Crippen LogP contribution in [0.2, 0.25) is 0 Å². The van der Waals surface area contributed by atoms with E-state index >= 15 is 0 Å². The van der Waals surface area contributed by atoms with Crippen LogP contribution in [0.1, 0.15) is 23.3 Å². The Morgan fingerprint density at radius 3 is 2.69 bits per heavy atom. The van der Waals surface area contributed by atoms with Crippen molar-refractivity contribution in [3.8, 4) is 27.7 Å². The summed E-state index contributed by atoms with van der Waals surface area (Å²) in [5.41, 5.74) is 1.91. The third kappa shape index (κ3) is 4.33. The van der Waals surface area contributed by atoms with Crippen LogP contribution in [-0.2, 0) is 11.3 Å². The van der Waals surface area contributed by atoms with Crippen molar-refractivity contribution in [2.24, 2.45) is 0 Å². The summed E-state index contributed by atoms with van der Waals surface area (Å²) in [6.07, 6.45) is 0. The second-order valence-electron chi connectivity index (χ2n) is 5.92. The van der Waals surface area contributed by atoms with Gasteiger partial charge < -0.3 is 14.0 Å². The zero-order valence-corrected chi connectivity index (χ0v) is 16.4. The van der Waals surface area contributed by atoms with Crippen molar-refractivity contribution in [2.75, 3.05) is 6.61 Å². The standard InChI is InChI=1S/C21H17N3O4S/c1-2-26-17-11-7-6-10-15(17)19-23-18(28-24-19)12-27-21(25)16-13-29-20(22-16)14-8-4-3-5-9-14/h3-11,13H,2,12H2,1H3. The van der Waals surface area contributed by atoms with Crippen molar-refractivity contribution < 1.29 is 18.8 Å². The van der Waals surface area contributed by atoms with Crippen molar-refractivity contribution in [1.29, 1.82) is 0 Å². The molecule has 29 heavy (non-hydrogen) atoms. The van der Waals surface area contributed by atoms with E-state index in [1.54, 1.807) is 5.38 Å². The number of aromatic nitrogens is 3. The van der Waals surface area contributed by atoms with Crippen LogP contribution in [0.15, 0.2) is 64.5 Å². The molecule has 0 unspecified atom stereocenters. The molecule has 4 aromatic rings. The van der Waals surface area contributed by atoms with Gasteiger partial charge in [-0.3, -0.25) is 0 Å². The molecule has 8 heteroatoms. The topological polar surface area (TPSA) is 87.3 Å². The van der Waals surface area contributed by atoms with Gasteiger partial charge in [-0.05, 0) is 19.1 Å². The van der Waals surface area contributed by atoms with Gasteiger partial charge in [0.05, 0.1) is 12.2 Å². The van der Waals surface area contributed by atoms with Crippen molar-refractivity contribution in [3.63, 3.8) is 0 Å². The molecule has 0 saturated heterocycles. The molecular weight excluding hydrogens is 390 g/mol. The van der Waals surface area contributed by atoms with E-state index in [1.807, 2.05) is 61.5 Å². The molecule has 0 radical (unpaired) electrons. The number of hydrogen-bond acceptors (Lipinski definition) is 8. The molecule has 0 saturated carbocycles. The highest BCUT2D eigenvalue weighted by Crippen LogP contribution is 2.28. The molecule has 2 aromatic carbocycles. The van der Waals surface area contributed by atoms with Crippen LogP contribution in [0.3, 0.4) is 0 Å². The van der Waals surface area contributed by atoms with Gasteiger partial charge in [0.15, 0.2) is 12.3 Å². The Kier molecular flexibility index (Phi) is 5.62. The Morgan fingerprint density at radius 1 is 1.07 bits per heavy atom. The maximum absolute atomic E-state index is 12.3. The highest BCUT2D eigenvalue weighted by atomic mass is 32.1. The first kappa shape index (κ1) is 18.8. The molecule has 0 atom stereocenters. The third-order valence-corrected chi connectivity index (χ3v) is 4.85. The highest BCUT2D eigenvalue weighted by molar-refractivity contribution is 7.13. The van der Waals surface area contributed by atoms with Gasteiger partial charge in [-0.1, -0.05) is 47.6 Å². The van der Waals surface area contributed by atoms with E-state index < -0.39 is 5.97 Å². The summed E-state index contributed by atoms with van der Waals surface area (Å²) in [6, 6.07) is 17.1. The normalized spacial score (nSPS) is 10.7.